The Morgan fingerprint density at radius 3 is 3.05 bits per heavy atom. The van der Waals surface area contributed by atoms with Crippen molar-refractivity contribution in [3.8, 4) is 0 Å². The Hall–Kier alpha value is -1.39. The Labute approximate surface area is 120 Å². The van der Waals surface area contributed by atoms with Crippen LogP contribution in [0.25, 0.3) is 0 Å². The van der Waals surface area contributed by atoms with Crippen LogP contribution in [-0.4, -0.2) is 37.0 Å². The number of nitrogens with zero attached hydrogens (tertiary/aromatic N) is 1. The minimum atomic E-state index is 0.0381. The first-order valence-corrected chi connectivity index (χ1v) is 7.57. The second-order valence-corrected chi connectivity index (χ2v) is 5.69. The van der Waals surface area contributed by atoms with Crippen LogP contribution in [0.4, 0.5) is 0 Å². The Morgan fingerprint density at radius 1 is 1.35 bits per heavy atom. The van der Waals surface area contributed by atoms with Crippen molar-refractivity contribution in [3.05, 3.63) is 35.4 Å². The van der Waals surface area contributed by atoms with Crippen LogP contribution in [0.1, 0.15) is 36.4 Å². The van der Waals surface area contributed by atoms with Crippen molar-refractivity contribution in [2.75, 3.05) is 20.1 Å². The minimum absolute atomic E-state index is 0.0381. The summed E-state index contributed by atoms with van der Waals surface area (Å²) in [7, 11) is 1.74. The molecule has 0 bridgehead atoms. The smallest absolute Gasteiger partial charge is 0.237 e. The number of carbonyl (C=O) groups is 1. The number of amides is 1. The third kappa shape index (κ3) is 2.45. The van der Waals surface area contributed by atoms with Gasteiger partial charge in [0.15, 0.2) is 0 Å². The van der Waals surface area contributed by atoms with E-state index in [1.54, 1.807) is 7.05 Å². The number of fused-ring (bicyclic) bond motifs is 1. The van der Waals surface area contributed by atoms with Crippen LogP contribution < -0.4 is 10.6 Å². The second-order valence-electron chi connectivity index (χ2n) is 5.69. The van der Waals surface area contributed by atoms with Gasteiger partial charge in [0.2, 0.25) is 5.91 Å². The highest BCUT2D eigenvalue weighted by atomic mass is 16.2. The number of rotatable bonds is 2. The fourth-order valence-electron chi connectivity index (χ4n) is 3.59. The zero-order valence-electron chi connectivity index (χ0n) is 12.1. The zero-order valence-corrected chi connectivity index (χ0v) is 12.1. The topological polar surface area (TPSA) is 44.4 Å². The highest BCUT2D eigenvalue weighted by Gasteiger charge is 2.36. The van der Waals surface area contributed by atoms with Gasteiger partial charge < -0.3 is 10.6 Å². The van der Waals surface area contributed by atoms with Crippen LogP contribution in [0.15, 0.2) is 24.3 Å². The average Bonchev–Trinajstić information content (AvgIpc) is 2.87. The van der Waals surface area contributed by atoms with Gasteiger partial charge in [0.1, 0.15) is 0 Å². The number of nitrogens with one attached hydrogen (secondary N) is 2. The Morgan fingerprint density at radius 2 is 2.20 bits per heavy atom. The van der Waals surface area contributed by atoms with Crippen LogP contribution in [0.2, 0.25) is 0 Å². The lowest BCUT2D eigenvalue weighted by molar-refractivity contribution is -0.125. The van der Waals surface area contributed by atoms with Crippen molar-refractivity contribution in [1.82, 2.24) is 15.5 Å². The predicted molar refractivity (Wildman–Crippen MR) is 79.3 cm³/mol. The molecule has 1 fully saturated rings. The maximum atomic E-state index is 12.1. The summed E-state index contributed by atoms with van der Waals surface area (Å²) in [4.78, 5) is 14.5. The molecule has 2 aliphatic heterocycles. The van der Waals surface area contributed by atoms with Crippen LogP contribution in [0, 0.1) is 0 Å². The molecule has 1 saturated heterocycles. The number of likely N-dealkylation sites (N-methyl/N-ethyl adjacent to an activating group) is 1. The van der Waals surface area contributed by atoms with Gasteiger partial charge in [-0.25, -0.2) is 0 Å². The summed E-state index contributed by atoms with van der Waals surface area (Å²) in [5.74, 6) is 0.164. The molecule has 108 valence electrons. The van der Waals surface area contributed by atoms with Crippen LogP contribution in [-0.2, 0) is 11.3 Å². The van der Waals surface area contributed by atoms with Crippen LogP contribution in [0.3, 0.4) is 0 Å². The molecule has 0 saturated carbocycles. The largest absolute Gasteiger partial charge is 0.358 e. The number of carbonyl (C=O) groups excluding carboxylic acids is 1. The molecule has 2 heterocycles. The Balaban J connectivity index is 1.91. The molecule has 2 atom stereocenters. The van der Waals surface area contributed by atoms with E-state index in [4.69, 9.17) is 0 Å². The SMILES string of the molecule is CNC(=O)C1CCCN1C1CCNCc2ccccc21. The molecule has 20 heavy (non-hydrogen) atoms. The van der Waals surface area contributed by atoms with Gasteiger partial charge in [-0.2, -0.15) is 0 Å². The van der Waals surface area contributed by atoms with Gasteiger partial charge in [0.25, 0.3) is 0 Å². The van der Waals surface area contributed by atoms with Gasteiger partial charge in [-0.1, -0.05) is 24.3 Å². The zero-order chi connectivity index (χ0) is 13.9. The van der Waals surface area contributed by atoms with Gasteiger partial charge in [-0.15, -0.1) is 0 Å². The molecule has 1 aromatic carbocycles. The highest BCUT2D eigenvalue weighted by Crippen LogP contribution is 2.34. The van der Waals surface area contributed by atoms with E-state index in [1.807, 2.05) is 0 Å². The van der Waals surface area contributed by atoms with Gasteiger partial charge in [-0.05, 0) is 43.5 Å². The third-order valence-electron chi connectivity index (χ3n) is 4.57. The van der Waals surface area contributed by atoms with Crippen molar-refractivity contribution in [3.63, 3.8) is 0 Å². The molecule has 3 rings (SSSR count). The van der Waals surface area contributed by atoms with E-state index in [9.17, 15) is 4.79 Å². The minimum Gasteiger partial charge on any atom is -0.358 e. The molecular formula is C16H23N3O. The normalized spacial score (nSPS) is 26.9. The van der Waals surface area contributed by atoms with E-state index in [-0.39, 0.29) is 11.9 Å². The molecule has 1 aromatic rings. The van der Waals surface area contributed by atoms with Gasteiger partial charge >= 0.3 is 0 Å². The van der Waals surface area contributed by atoms with Crippen molar-refractivity contribution in [1.29, 1.82) is 0 Å². The molecule has 2 aliphatic rings. The van der Waals surface area contributed by atoms with E-state index in [1.165, 1.54) is 11.1 Å². The fraction of sp³-hybridized carbons (Fsp3) is 0.562. The van der Waals surface area contributed by atoms with E-state index in [0.717, 1.165) is 38.9 Å². The lowest BCUT2D eigenvalue weighted by Gasteiger charge is -2.32. The summed E-state index contributed by atoms with van der Waals surface area (Å²) >= 11 is 0. The predicted octanol–water partition coefficient (Wildman–Crippen LogP) is 1.43. The van der Waals surface area contributed by atoms with Gasteiger partial charge in [-0.3, -0.25) is 9.69 Å². The van der Waals surface area contributed by atoms with Crippen LogP contribution in [0.5, 0.6) is 0 Å². The molecule has 4 heteroatoms. The summed E-state index contributed by atoms with van der Waals surface area (Å²) in [6.07, 6.45) is 3.17. The highest BCUT2D eigenvalue weighted by molar-refractivity contribution is 5.81. The molecule has 0 radical (unpaired) electrons. The third-order valence-corrected chi connectivity index (χ3v) is 4.57. The molecule has 2 N–H and O–H groups in total. The summed E-state index contributed by atoms with van der Waals surface area (Å²) in [5.41, 5.74) is 2.77. The van der Waals surface area contributed by atoms with Gasteiger partial charge in [0.05, 0.1) is 6.04 Å². The lowest BCUT2D eigenvalue weighted by atomic mass is 9.97. The molecule has 4 nitrogen and oxygen atoms in total. The van der Waals surface area contributed by atoms with Crippen molar-refractivity contribution in [2.45, 2.75) is 37.9 Å². The number of likely N-dealkylation sites (tertiary alicyclic amines) is 1. The molecule has 0 aromatic heterocycles. The summed E-state index contributed by atoms with van der Waals surface area (Å²) < 4.78 is 0. The second kappa shape index (κ2) is 5.94. The van der Waals surface area contributed by atoms with E-state index in [0.29, 0.717) is 6.04 Å². The van der Waals surface area contributed by atoms with Gasteiger partial charge in [0, 0.05) is 19.6 Å². The standard InChI is InChI=1S/C16H23N3O/c1-17-16(20)15-7-4-10-19(15)14-8-9-18-11-12-5-2-3-6-13(12)14/h2-3,5-6,14-15,18H,4,7-11H2,1H3,(H,17,20). The first kappa shape index (κ1) is 13.6. The molecule has 0 spiro atoms. The fourth-order valence-corrected chi connectivity index (χ4v) is 3.59. The van der Waals surface area contributed by atoms with Crippen LogP contribution >= 0.6 is 0 Å². The number of hydrogen-bond acceptors (Lipinski definition) is 3. The Kier molecular flexibility index (Phi) is 4.03. The first-order valence-electron chi connectivity index (χ1n) is 7.57. The van der Waals surface area contributed by atoms with Crippen molar-refractivity contribution in [2.24, 2.45) is 0 Å². The quantitative estimate of drug-likeness (QED) is 0.857. The summed E-state index contributed by atoms with van der Waals surface area (Å²) in [6, 6.07) is 9.05. The molecule has 1 amide bonds. The Bertz CT molecular complexity index is 488. The average molecular weight is 273 g/mol. The van der Waals surface area contributed by atoms with E-state index < -0.39 is 0 Å². The van der Waals surface area contributed by atoms with Crippen molar-refractivity contribution < 1.29 is 4.79 Å². The summed E-state index contributed by atoms with van der Waals surface area (Å²) in [5, 5.41) is 6.31. The maximum Gasteiger partial charge on any atom is 0.237 e. The first-order chi connectivity index (χ1) is 9.81. The van der Waals surface area contributed by atoms with E-state index in [2.05, 4.69) is 39.8 Å². The number of hydrogen-bond donors (Lipinski definition) is 2. The molecule has 2 unspecified atom stereocenters. The lowest BCUT2D eigenvalue weighted by Crippen LogP contribution is -2.44. The number of benzene rings is 1. The van der Waals surface area contributed by atoms with Crippen molar-refractivity contribution >= 4 is 5.91 Å². The monoisotopic (exact) mass is 273 g/mol. The molecule has 0 aliphatic carbocycles. The summed E-state index contributed by atoms with van der Waals surface area (Å²) in [6.45, 7) is 2.97. The maximum absolute atomic E-state index is 12.1. The molecular weight excluding hydrogens is 250 g/mol. The van der Waals surface area contributed by atoms with E-state index >= 15 is 0 Å².